The van der Waals surface area contributed by atoms with E-state index in [4.69, 9.17) is 0 Å². The van der Waals surface area contributed by atoms with E-state index in [0.29, 0.717) is 0 Å². The lowest BCUT2D eigenvalue weighted by molar-refractivity contribution is 0.352. The number of aromatic nitrogens is 1. The predicted molar refractivity (Wildman–Crippen MR) is 36.6 cm³/mol. The van der Waals surface area contributed by atoms with Crippen molar-refractivity contribution in [3.05, 3.63) is 5.38 Å². The molecule has 0 fully saturated rings. The van der Waals surface area contributed by atoms with E-state index in [9.17, 15) is 5.11 Å². The minimum atomic E-state index is -0.126. The Morgan fingerprint density at radius 2 is 2.33 bits per heavy atom. The van der Waals surface area contributed by atoms with Crippen molar-refractivity contribution >= 4 is 17.2 Å². The van der Waals surface area contributed by atoms with Crippen molar-refractivity contribution in [2.24, 2.45) is 0 Å². The number of hydrogen-bond donors (Lipinski definition) is 0. The SMILES string of the molecule is CN(C)c1csc([O])n1. The molecule has 0 aliphatic carbocycles. The molecule has 4 heteroatoms. The minimum absolute atomic E-state index is 0.126. The lowest BCUT2D eigenvalue weighted by Crippen LogP contribution is -2.08. The number of anilines is 1. The van der Waals surface area contributed by atoms with Crippen molar-refractivity contribution < 1.29 is 5.11 Å². The molecule has 0 aliphatic heterocycles. The highest BCUT2D eigenvalue weighted by Gasteiger charge is 2.00. The number of hydrogen-bond acceptors (Lipinski definition) is 3. The largest absolute Gasteiger partial charge is 0.362 e. The lowest BCUT2D eigenvalue weighted by atomic mass is 10.7. The van der Waals surface area contributed by atoms with Crippen LogP contribution in [-0.4, -0.2) is 19.1 Å². The van der Waals surface area contributed by atoms with Gasteiger partial charge in [-0.05, 0) is 0 Å². The van der Waals surface area contributed by atoms with Gasteiger partial charge >= 0.3 is 5.19 Å². The van der Waals surface area contributed by atoms with Gasteiger partial charge in [0.05, 0.1) is 0 Å². The summed E-state index contributed by atoms with van der Waals surface area (Å²) in [7, 11) is 3.71. The monoisotopic (exact) mass is 143 g/mol. The minimum Gasteiger partial charge on any atom is -0.362 e. The number of rotatable bonds is 1. The van der Waals surface area contributed by atoms with E-state index in [1.54, 1.807) is 10.3 Å². The van der Waals surface area contributed by atoms with Crippen LogP contribution in [0.1, 0.15) is 0 Å². The van der Waals surface area contributed by atoms with Gasteiger partial charge in [0.2, 0.25) is 0 Å². The van der Waals surface area contributed by atoms with Gasteiger partial charge in [-0.1, -0.05) is 11.3 Å². The predicted octanol–water partition coefficient (Wildman–Crippen LogP) is 1.35. The smallest absolute Gasteiger partial charge is 0.328 e. The van der Waals surface area contributed by atoms with E-state index in [1.165, 1.54) is 0 Å². The Bertz CT molecular complexity index is 197. The zero-order valence-electron chi connectivity index (χ0n) is 5.29. The first kappa shape index (κ1) is 6.35. The van der Waals surface area contributed by atoms with E-state index >= 15 is 0 Å². The molecule has 0 saturated heterocycles. The van der Waals surface area contributed by atoms with E-state index in [2.05, 4.69) is 4.98 Å². The van der Waals surface area contributed by atoms with E-state index in [-0.39, 0.29) is 5.19 Å². The third-order valence-electron chi connectivity index (χ3n) is 0.929. The first-order chi connectivity index (χ1) is 4.20. The van der Waals surface area contributed by atoms with Gasteiger partial charge in [-0.3, -0.25) is 5.11 Å². The van der Waals surface area contributed by atoms with Crippen molar-refractivity contribution in [1.82, 2.24) is 4.98 Å². The molecule has 0 bridgehead atoms. The molecule has 9 heavy (non-hydrogen) atoms. The maximum absolute atomic E-state index is 10.5. The highest BCUT2D eigenvalue weighted by molar-refractivity contribution is 7.11. The van der Waals surface area contributed by atoms with E-state index in [0.717, 1.165) is 17.2 Å². The Hall–Kier alpha value is -0.770. The zero-order chi connectivity index (χ0) is 6.85. The first-order valence-corrected chi connectivity index (χ1v) is 3.38. The number of thiazole rings is 1. The van der Waals surface area contributed by atoms with Crippen LogP contribution >= 0.6 is 11.3 Å². The quantitative estimate of drug-likeness (QED) is 0.595. The molecule has 1 heterocycles. The van der Waals surface area contributed by atoms with Crippen molar-refractivity contribution in [3.63, 3.8) is 0 Å². The molecule has 0 unspecified atom stereocenters. The van der Waals surface area contributed by atoms with Gasteiger partial charge < -0.3 is 4.90 Å². The third kappa shape index (κ3) is 1.32. The lowest BCUT2D eigenvalue weighted by Gasteiger charge is -2.04. The highest BCUT2D eigenvalue weighted by Crippen LogP contribution is 2.21. The first-order valence-electron chi connectivity index (χ1n) is 2.50. The van der Waals surface area contributed by atoms with Crippen LogP contribution in [0.4, 0.5) is 5.82 Å². The van der Waals surface area contributed by atoms with Crippen LogP contribution in [0.3, 0.4) is 0 Å². The molecule has 0 atom stereocenters. The van der Waals surface area contributed by atoms with Gasteiger partial charge in [0.15, 0.2) is 0 Å². The third-order valence-corrected chi connectivity index (χ3v) is 1.55. The summed E-state index contributed by atoms with van der Waals surface area (Å²) in [5, 5.41) is 12.1. The van der Waals surface area contributed by atoms with Crippen LogP contribution in [0.15, 0.2) is 5.38 Å². The summed E-state index contributed by atoms with van der Waals surface area (Å²) in [6, 6.07) is 0. The molecule has 0 aromatic carbocycles. The van der Waals surface area contributed by atoms with Crippen molar-refractivity contribution in [2.75, 3.05) is 19.0 Å². The molecular weight excluding hydrogens is 136 g/mol. The van der Waals surface area contributed by atoms with Crippen LogP contribution in [0, 0.1) is 0 Å². The topological polar surface area (TPSA) is 36.0 Å². The van der Waals surface area contributed by atoms with Crippen LogP contribution in [-0.2, 0) is 5.11 Å². The Morgan fingerprint density at radius 3 is 2.56 bits per heavy atom. The van der Waals surface area contributed by atoms with Crippen LogP contribution in [0.25, 0.3) is 0 Å². The van der Waals surface area contributed by atoms with Gasteiger partial charge in [0.25, 0.3) is 0 Å². The molecular formula is C5H7N2OS. The molecule has 3 nitrogen and oxygen atoms in total. The van der Waals surface area contributed by atoms with Gasteiger partial charge in [-0.25, -0.2) is 0 Å². The normalized spacial score (nSPS) is 9.56. The second-order valence-corrected chi connectivity index (χ2v) is 2.69. The Kier molecular flexibility index (Phi) is 1.57. The molecule has 1 aromatic rings. The van der Waals surface area contributed by atoms with Gasteiger partial charge in [-0.2, -0.15) is 4.98 Å². The fourth-order valence-electron chi connectivity index (χ4n) is 0.455. The summed E-state index contributed by atoms with van der Waals surface area (Å²) in [6.45, 7) is 0. The molecule has 0 saturated carbocycles. The second kappa shape index (κ2) is 2.23. The fourth-order valence-corrected chi connectivity index (χ4v) is 1.07. The summed E-state index contributed by atoms with van der Waals surface area (Å²) in [4.78, 5) is 5.50. The number of nitrogens with zero attached hydrogens (tertiary/aromatic N) is 2. The van der Waals surface area contributed by atoms with Crippen molar-refractivity contribution in [2.45, 2.75) is 0 Å². The van der Waals surface area contributed by atoms with Crippen LogP contribution < -0.4 is 4.90 Å². The van der Waals surface area contributed by atoms with Crippen LogP contribution in [0.2, 0.25) is 0 Å². The fraction of sp³-hybridized carbons (Fsp3) is 0.400. The van der Waals surface area contributed by atoms with Gasteiger partial charge in [-0.15, -0.1) is 0 Å². The molecule has 0 N–H and O–H groups in total. The molecule has 1 rings (SSSR count). The van der Waals surface area contributed by atoms with Crippen LogP contribution in [0.5, 0.6) is 5.19 Å². The molecule has 0 aliphatic rings. The average molecular weight is 143 g/mol. The maximum Gasteiger partial charge on any atom is 0.328 e. The summed E-state index contributed by atoms with van der Waals surface area (Å²) in [6.07, 6.45) is 0. The van der Waals surface area contributed by atoms with Crippen molar-refractivity contribution in [3.8, 4) is 5.19 Å². The average Bonchev–Trinajstić information content (AvgIpc) is 2.14. The summed E-state index contributed by atoms with van der Waals surface area (Å²) >= 11 is 1.12. The van der Waals surface area contributed by atoms with E-state index in [1.807, 2.05) is 14.1 Å². The molecule has 1 aromatic heterocycles. The van der Waals surface area contributed by atoms with Gasteiger partial charge in [0.1, 0.15) is 5.82 Å². The standard InChI is InChI=1S/C5H7N2OS/c1-7(2)4-3-9-5(8)6-4/h3H,1-2H3. The Labute approximate surface area is 57.6 Å². The Morgan fingerprint density at radius 1 is 1.67 bits per heavy atom. The van der Waals surface area contributed by atoms with E-state index < -0.39 is 0 Å². The molecule has 0 amide bonds. The van der Waals surface area contributed by atoms with Gasteiger partial charge in [0, 0.05) is 19.5 Å². The summed E-state index contributed by atoms with van der Waals surface area (Å²) in [5.74, 6) is 0.741. The van der Waals surface area contributed by atoms with Crippen molar-refractivity contribution in [1.29, 1.82) is 0 Å². The maximum atomic E-state index is 10.5. The molecule has 49 valence electrons. The second-order valence-electron chi connectivity index (χ2n) is 1.87. The molecule has 1 radical (unpaired) electrons. The Balaban J connectivity index is 2.85. The molecule has 0 spiro atoms. The zero-order valence-corrected chi connectivity index (χ0v) is 6.10. The summed E-state index contributed by atoms with van der Waals surface area (Å²) < 4.78 is 0. The summed E-state index contributed by atoms with van der Waals surface area (Å²) in [5.41, 5.74) is 0. The highest BCUT2D eigenvalue weighted by atomic mass is 32.1.